The van der Waals surface area contributed by atoms with Gasteiger partial charge in [-0.15, -0.1) is 0 Å². The molecule has 1 unspecified atom stereocenters. The number of imide groups is 1. The number of piperazine rings is 1. The van der Waals surface area contributed by atoms with Gasteiger partial charge in [-0.2, -0.15) is 0 Å². The van der Waals surface area contributed by atoms with Crippen molar-refractivity contribution in [2.24, 2.45) is 0 Å². The van der Waals surface area contributed by atoms with Gasteiger partial charge in [-0.3, -0.25) is 19.7 Å². The molecule has 14 heavy (non-hydrogen) atoms. The van der Waals surface area contributed by atoms with Gasteiger partial charge in [-0.25, -0.2) is 0 Å². The molecule has 5 nitrogen and oxygen atoms in total. The van der Waals surface area contributed by atoms with Crippen molar-refractivity contribution in [2.45, 2.75) is 19.4 Å². The Labute approximate surface area is 89.9 Å². The summed E-state index contributed by atoms with van der Waals surface area (Å²) in [6.07, 6.45) is 0.512. The largest absolute Gasteiger partial charge is 0.321 e. The maximum Gasteiger partial charge on any atom is 0.249 e. The molecule has 78 valence electrons. The molecule has 1 fully saturated rings. The predicted octanol–water partition coefficient (Wildman–Crippen LogP) is -0.355. The van der Waals surface area contributed by atoms with E-state index in [0.29, 0.717) is 6.42 Å². The predicted molar refractivity (Wildman–Crippen MR) is 52.7 cm³/mol. The summed E-state index contributed by atoms with van der Waals surface area (Å²) in [6, 6.07) is -0.516. The summed E-state index contributed by atoms with van der Waals surface area (Å²) in [6.45, 7) is 1.77. The molecular weight excluding hydrogens is 252 g/mol. The number of nitrogens with one attached hydrogen (secondary N) is 1. The maximum absolute atomic E-state index is 11.4. The van der Waals surface area contributed by atoms with Crippen LogP contribution in [-0.4, -0.2) is 40.5 Å². The Morgan fingerprint density at radius 3 is 2.79 bits per heavy atom. The van der Waals surface area contributed by atoms with Gasteiger partial charge in [0.15, 0.2) is 0 Å². The summed E-state index contributed by atoms with van der Waals surface area (Å²) in [5.41, 5.74) is 0. The van der Waals surface area contributed by atoms with Crippen LogP contribution in [0, 0.1) is 0 Å². The molecule has 6 heteroatoms. The lowest BCUT2D eigenvalue weighted by molar-refractivity contribution is -0.148. The minimum atomic E-state index is -0.516. The Bertz CT molecular complexity index is 280. The maximum atomic E-state index is 11.4. The first kappa shape index (κ1) is 11.2. The summed E-state index contributed by atoms with van der Waals surface area (Å²) in [5.74, 6) is -1.05. The molecule has 0 radical (unpaired) electrons. The molecule has 0 bridgehead atoms. The van der Waals surface area contributed by atoms with E-state index in [-0.39, 0.29) is 17.8 Å². The van der Waals surface area contributed by atoms with E-state index in [4.69, 9.17) is 0 Å². The molecule has 1 rings (SSSR count). The van der Waals surface area contributed by atoms with E-state index in [2.05, 4.69) is 21.2 Å². The number of hydrogen-bond donors (Lipinski definition) is 1. The van der Waals surface area contributed by atoms with Crippen molar-refractivity contribution < 1.29 is 14.4 Å². The third-order valence-electron chi connectivity index (χ3n) is 2.08. The molecule has 0 aliphatic carbocycles. The third-order valence-corrected chi connectivity index (χ3v) is 2.56. The highest BCUT2D eigenvalue weighted by Gasteiger charge is 2.34. The standard InChI is InChI=1S/C8H11BrN2O3/c1-2-5-8(14)10-6(12)4-11(5)7(13)3-9/h5H,2-4H2,1H3,(H,10,12,14). The first-order chi connectivity index (χ1) is 6.60. The van der Waals surface area contributed by atoms with Gasteiger partial charge in [0, 0.05) is 0 Å². The van der Waals surface area contributed by atoms with E-state index < -0.39 is 17.9 Å². The number of carbonyl (C=O) groups is 3. The van der Waals surface area contributed by atoms with Crippen LogP contribution >= 0.6 is 15.9 Å². The summed E-state index contributed by atoms with van der Waals surface area (Å²) < 4.78 is 0. The lowest BCUT2D eigenvalue weighted by Crippen LogP contribution is -2.59. The number of nitrogens with zero attached hydrogens (tertiary/aromatic N) is 1. The highest BCUT2D eigenvalue weighted by molar-refractivity contribution is 9.09. The van der Waals surface area contributed by atoms with Gasteiger partial charge in [-0.1, -0.05) is 22.9 Å². The second-order valence-corrected chi connectivity index (χ2v) is 3.55. The number of carbonyl (C=O) groups excluding carboxylic acids is 3. The number of hydrogen-bond acceptors (Lipinski definition) is 3. The van der Waals surface area contributed by atoms with Gasteiger partial charge >= 0.3 is 0 Å². The fourth-order valence-corrected chi connectivity index (χ4v) is 1.73. The van der Waals surface area contributed by atoms with Crippen LogP contribution in [0.4, 0.5) is 0 Å². The molecule has 1 aliphatic heterocycles. The van der Waals surface area contributed by atoms with E-state index in [1.807, 2.05) is 0 Å². The van der Waals surface area contributed by atoms with Crippen LogP contribution in [-0.2, 0) is 14.4 Å². The Morgan fingerprint density at radius 1 is 1.64 bits per heavy atom. The van der Waals surface area contributed by atoms with Gasteiger partial charge in [0.2, 0.25) is 17.7 Å². The number of halogens is 1. The molecule has 0 saturated carbocycles. The third kappa shape index (κ3) is 2.12. The van der Waals surface area contributed by atoms with Crippen LogP contribution in [0.5, 0.6) is 0 Å². The Morgan fingerprint density at radius 2 is 2.29 bits per heavy atom. The fraction of sp³-hybridized carbons (Fsp3) is 0.625. The molecule has 0 spiro atoms. The SMILES string of the molecule is CCC1C(=O)NC(=O)CN1C(=O)CBr. The number of amides is 3. The zero-order valence-electron chi connectivity index (χ0n) is 7.75. The second-order valence-electron chi connectivity index (χ2n) is 2.99. The lowest BCUT2D eigenvalue weighted by Gasteiger charge is -2.32. The molecular formula is C8H11BrN2O3. The first-order valence-electron chi connectivity index (χ1n) is 4.29. The van der Waals surface area contributed by atoms with E-state index in [1.54, 1.807) is 6.92 Å². The van der Waals surface area contributed by atoms with E-state index >= 15 is 0 Å². The smallest absolute Gasteiger partial charge is 0.249 e. The Kier molecular flexibility index (Phi) is 3.62. The van der Waals surface area contributed by atoms with Gasteiger partial charge in [-0.05, 0) is 6.42 Å². The average Bonchev–Trinajstić information content (AvgIpc) is 2.15. The molecule has 3 amide bonds. The van der Waals surface area contributed by atoms with Gasteiger partial charge in [0.1, 0.15) is 12.6 Å². The minimum Gasteiger partial charge on any atom is -0.321 e. The monoisotopic (exact) mass is 262 g/mol. The Balaban J connectivity index is 2.83. The van der Waals surface area contributed by atoms with Crippen LogP contribution < -0.4 is 5.32 Å². The van der Waals surface area contributed by atoms with Gasteiger partial charge < -0.3 is 4.90 Å². The quantitative estimate of drug-likeness (QED) is 0.546. The van der Waals surface area contributed by atoms with Crippen molar-refractivity contribution in [3.05, 3.63) is 0 Å². The first-order valence-corrected chi connectivity index (χ1v) is 5.41. The number of rotatable bonds is 2. The second kappa shape index (κ2) is 4.54. The van der Waals surface area contributed by atoms with E-state index in [0.717, 1.165) is 0 Å². The molecule has 1 N–H and O–H groups in total. The number of alkyl halides is 1. The molecule has 1 aliphatic rings. The average molecular weight is 263 g/mol. The van der Waals surface area contributed by atoms with Crippen LogP contribution in [0.15, 0.2) is 0 Å². The highest BCUT2D eigenvalue weighted by atomic mass is 79.9. The van der Waals surface area contributed by atoms with Crippen molar-refractivity contribution in [1.29, 1.82) is 0 Å². The van der Waals surface area contributed by atoms with Gasteiger partial charge in [0.05, 0.1) is 5.33 Å². The topological polar surface area (TPSA) is 66.5 Å². The van der Waals surface area contributed by atoms with Crippen LogP contribution in [0.1, 0.15) is 13.3 Å². The van der Waals surface area contributed by atoms with E-state index in [1.165, 1.54) is 4.90 Å². The lowest BCUT2D eigenvalue weighted by atomic mass is 10.1. The molecule has 0 aromatic rings. The fourth-order valence-electron chi connectivity index (χ4n) is 1.41. The Hall–Kier alpha value is -0.910. The van der Waals surface area contributed by atoms with Crippen LogP contribution in [0.3, 0.4) is 0 Å². The zero-order chi connectivity index (χ0) is 10.7. The summed E-state index contributed by atoms with van der Waals surface area (Å²) >= 11 is 3.01. The summed E-state index contributed by atoms with van der Waals surface area (Å²) in [4.78, 5) is 35.0. The summed E-state index contributed by atoms with van der Waals surface area (Å²) in [5, 5.41) is 2.33. The van der Waals surface area contributed by atoms with Crippen molar-refractivity contribution in [3.8, 4) is 0 Å². The molecule has 1 heterocycles. The van der Waals surface area contributed by atoms with E-state index in [9.17, 15) is 14.4 Å². The molecule has 1 atom stereocenters. The molecule has 0 aromatic heterocycles. The van der Waals surface area contributed by atoms with Crippen LogP contribution in [0.25, 0.3) is 0 Å². The zero-order valence-corrected chi connectivity index (χ0v) is 9.33. The van der Waals surface area contributed by atoms with Crippen molar-refractivity contribution >= 4 is 33.7 Å². The van der Waals surface area contributed by atoms with Gasteiger partial charge in [0.25, 0.3) is 0 Å². The normalized spacial score (nSPS) is 22.1. The van der Waals surface area contributed by atoms with Crippen molar-refractivity contribution in [3.63, 3.8) is 0 Å². The summed E-state index contributed by atoms with van der Waals surface area (Å²) in [7, 11) is 0. The minimum absolute atomic E-state index is 0.0331. The van der Waals surface area contributed by atoms with Crippen molar-refractivity contribution in [2.75, 3.05) is 11.9 Å². The molecule has 1 saturated heterocycles. The van der Waals surface area contributed by atoms with Crippen LogP contribution in [0.2, 0.25) is 0 Å². The molecule has 0 aromatic carbocycles. The van der Waals surface area contributed by atoms with Crippen molar-refractivity contribution in [1.82, 2.24) is 10.2 Å². The highest BCUT2D eigenvalue weighted by Crippen LogP contribution is 2.10.